The molecule has 81 heavy (non-hydrogen) atoms. The number of rotatable bonds is 6. The first-order valence-electron chi connectivity index (χ1n) is 26.5. The molecular formula is C71H46N6O2Pt2-2. The van der Waals surface area contributed by atoms with Crippen LogP contribution in [-0.2, 0) is 55.0 Å². The van der Waals surface area contributed by atoms with E-state index < -0.39 is 0 Å². The van der Waals surface area contributed by atoms with Gasteiger partial charge in [0.2, 0.25) is 0 Å². The van der Waals surface area contributed by atoms with Crippen LogP contribution in [0.15, 0.2) is 225 Å². The standard InChI is InChI=1S/C36H24N3O.C35H22N3O.2Pt/c1-22-18-30(38-31(19-22)28-12-4-5-14-33(28)40)24-9-6-10-26(21-24)39-32-16-15-25-20-23-8-2-3-11-27(23)34(25)35(32)29-13-7-17-37-36(29)39;39-32-16-4-3-12-27(32)30-15-6-14-29(37-30)23-9-5-10-25(21-23)38-31-18-17-24-20-22-8-1-2-11-26(22)33(24)34(31)28-13-7-19-36-35(28)38;;/h2-19,40H,20H2,1H3;1-19,39H,20H2;;/q2*-1;;. The van der Waals surface area contributed by atoms with Crippen LogP contribution in [0.5, 0.6) is 11.5 Å². The van der Waals surface area contributed by atoms with E-state index in [1.54, 1.807) is 12.1 Å². The molecule has 6 heterocycles. The number of aromatic nitrogens is 6. The van der Waals surface area contributed by atoms with Gasteiger partial charge in [0.25, 0.3) is 0 Å². The normalized spacial score (nSPS) is 11.8. The minimum Gasteiger partial charge on any atom is -0.507 e. The third-order valence-electron chi connectivity index (χ3n) is 15.6. The zero-order valence-electron chi connectivity index (χ0n) is 43.5. The van der Waals surface area contributed by atoms with Crippen LogP contribution in [0.4, 0.5) is 0 Å². The van der Waals surface area contributed by atoms with Gasteiger partial charge in [-0.2, -0.15) is 0 Å². The number of aryl methyl sites for hydroxylation is 1. The van der Waals surface area contributed by atoms with E-state index in [0.29, 0.717) is 11.1 Å². The maximum Gasteiger partial charge on any atom is 0.144 e. The van der Waals surface area contributed by atoms with Crippen molar-refractivity contribution in [3.63, 3.8) is 0 Å². The molecule has 0 fully saturated rings. The van der Waals surface area contributed by atoms with E-state index in [2.05, 4.69) is 124 Å². The molecule has 0 aliphatic heterocycles. The Morgan fingerprint density at radius 1 is 0.395 bits per heavy atom. The first-order valence-corrected chi connectivity index (χ1v) is 26.5. The van der Waals surface area contributed by atoms with Crippen LogP contribution in [0.3, 0.4) is 0 Å². The Bertz CT molecular complexity index is 4810. The number of hydrogen-bond acceptors (Lipinski definition) is 6. The van der Waals surface area contributed by atoms with E-state index in [1.165, 1.54) is 55.3 Å². The predicted octanol–water partition coefficient (Wildman–Crippen LogP) is 16.3. The first-order chi connectivity index (χ1) is 38.9. The smallest absolute Gasteiger partial charge is 0.144 e. The van der Waals surface area contributed by atoms with Gasteiger partial charge in [0, 0.05) is 87.2 Å². The maximum atomic E-state index is 10.5. The largest absolute Gasteiger partial charge is 0.507 e. The quantitative estimate of drug-likeness (QED) is 0.161. The minimum absolute atomic E-state index is 0. The fourth-order valence-electron chi connectivity index (χ4n) is 12.1. The van der Waals surface area contributed by atoms with E-state index in [9.17, 15) is 10.2 Å². The molecule has 10 heteroatoms. The molecule has 394 valence electrons. The van der Waals surface area contributed by atoms with Crippen molar-refractivity contribution >= 4 is 43.9 Å². The van der Waals surface area contributed by atoms with Gasteiger partial charge in [-0.25, -0.2) is 9.97 Å². The molecule has 8 nitrogen and oxygen atoms in total. The third kappa shape index (κ3) is 8.69. The molecule has 0 spiro atoms. The summed E-state index contributed by atoms with van der Waals surface area (Å²) in [4.78, 5) is 19.5. The van der Waals surface area contributed by atoms with Gasteiger partial charge in [0.1, 0.15) is 22.8 Å². The second kappa shape index (κ2) is 20.9. The van der Waals surface area contributed by atoms with Gasteiger partial charge >= 0.3 is 0 Å². The van der Waals surface area contributed by atoms with Crippen molar-refractivity contribution in [1.29, 1.82) is 0 Å². The summed E-state index contributed by atoms with van der Waals surface area (Å²) in [6.07, 6.45) is 5.62. The van der Waals surface area contributed by atoms with E-state index in [0.717, 1.165) is 96.8 Å². The van der Waals surface area contributed by atoms with Crippen molar-refractivity contribution in [2.75, 3.05) is 0 Å². The number of para-hydroxylation sites is 2. The van der Waals surface area contributed by atoms with E-state index in [1.807, 2.05) is 116 Å². The molecule has 2 N–H and O–H groups in total. The van der Waals surface area contributed by atoms with E-state index in [4.69, 9.17) is 19.9 Å². The van der Waals surface area contributed by atoms with Crippen molar-refractivity contribution in [1.82, 2.24) is 29.1 Å². The summed E-state index contributed by atoms with van der Waals surface area (Å²) in [6, 6.07) is 78.9. The number of fused-ring (bicyclic) bond motifs is 14. The topological polar surface area (TPSA) is 102 Å². The fourth-order valence-corrected chi connectivity index (χ4v) is 12.1. The molecule has 2 aliphatic carbocycles. The predicted molar refractivity (Wildman–Crippen MR) is 317 cm³/mol. The fraction of sp³-hybridized carbons (Fsp3) is 0.0423. The Balaban J connectivity index is 0.000000149. The van der Waals surface area contributed by atoms with Crippen LogP contribution in [0.2, 0.25) is 0 Å². The molecule has 0 atom stereocenters. The Labute approximate surface area is 496 Å². The van der Waals surface area contributed by atoms with Crippen LogP contribution in [0.1, 0.15) is 27.8 Å². The zero-order valence-corrected chi connectivity index (χ0v) is 48.0. The molecule has 6 aromatic heterocycles. The van der Waals surface area contributed by atoms with Crippen LogP contribution >= 0.6 is 0 Å². The van der Waals surface area contributed by atoms with Crippen molar-refractivity contribution < 1.29 is 52.3 Å². The van der Waals surface area contributed by atoms with Gasteiger partial charge in [0.05, 0.1) is 22.4 Å². The average molecular weight is 1410 g/mol. The van der Waals surface area contributed by atoms with Crippen molar-refractivity contribution in [2.45, 2.75) is 19.8 Å². The van der Waals surface area contributed by atoms with Gasteiger partial charge in [-0.15, -0.1) is 59.7 Å². The van der Waals surface area contributed by atoms with Crippen molar-refractivity contribution in [2.24, 2.45) is 0 Å². The summed E-state index contributed by atoms with van der Waals surface area (Å²) in [5, 5.41) is 25.6. The van der Waals surface area contributed by atoms with Crippen molar-refractivity contribution in [3.8, 4) is 90.2 Å². The number of hydrogen-bond donors (Lipinski definition) is 2. The molecule has 0 unspecified atom stereocenters. The van der Waals surface area contributed by atoms with Gasteiger partial charge in [-0.05, 0) is 160 Å². The molecule has 14 aromatic rings. The Morgan fingerprint density at radius 2 is 0.840 bits per heavy atom. The summed E-state index contributed by atoms with van der Waals surface area (Å²) in [5.41, 5.74) is 23.9. The van der Waals surface area contributed by atoms with Gasteiger partial charge in [0.15, 0.2) is 0 Å². The van der Waals surface area contributed by atoms with Crippen LogP contribution in [0, 0.1) is 19.1 Å². The monoisotopic (exact) mass is 1400 g/mol. The summed E-state index contributed by atoms with van der Waals surface area (Å²) < 4.78 is 4.43. The third-order valence-corrected chi connectivity index (χ3v) is 15.6. The van der Waals surface area contributed by atoms with Gasteiger partial charge in [-0.3, -0.25) is 9.97 Å². The molecule has 0 saturated heterocycles. The van der Waals surface area contributed by atoms with Crippen molar-refractivity contribution in [3.05, 3.63) is 265 Å². The second-order valence-corrected chi connectivity index (χ2v) is 20.3. The Hall–Kier alpha value is -9.06. The maximum absolute atomic E-state index is 10.5. The molecule has 0 amide bonds. The van der Waals surface area contributed by atoms with E-state index >= 15 is 0 Å². The van der Waals surface area contributed by atoms with Crippen LogP contribution in [0.25, 0.3) is 123 Å². The number of pyridine rings is 4. The molecular weight excluding hydrogens is 1360 g/mol. The Kier molecular flexibility index (Phi) is 13.2. The first kappa shape index (κ1) is 51.4. The molecule has 2 aliphatic rings. The number of aromatic hydroxyl groups is 2. The summed E-state index contributed by atoms with van der Waals surface area (Å²) in [5.74, 6) is 0.431. The summed E-state index contributed by atoms with van der Waals surface area (Å²) >= 11 is 0. The molecule has 0 saturated carbocycles. The average Bonchev–Trinajstić information content (AvgIpc) is 3.12. The minimum atomic E-state index is 0. The Morgan fingerprint density at radius 3 is 1.38 bits per heavy atom. The van der Waals surface area contributed by atoms with Gasteiger partial charge < -0.3 is 19.3 Å². The van der Waals surface area contributed by atoms with E-state index in [-0.39, 0.29) is 53.6 Å². The molecule has 0 radical (unpaired) electrons. The zero-order chi connectivity index (χ0) is 52.7. The number of benzene rings is 8. The van der Waals surface area contributed by atoms with Gasteiger partial charge in [-0.1, -0.05) is 109 Å². The molecule has 0 bridgehead atoms. The molecule has 8 aromatic carbocycles. The van der Waals surface area contributed by atoms with Crippen LogP contribution < -0.4 is 0 Å². The summed E-state index contributed by atoms with van der Waals surface area (Å²) in [6.45, 7) is 2.05. The number of phenols is 2. The second-order valence-electron chi connectivity index (χ2n) is 20.3. The molecule has 16 rings (SSSR count). The van der Waals surface area contributed by atoms with Crippen LogP contribution in [-0.4, -0.2) is 39.3 Å². The number of phenolic OH excluding ortho intramolecular Hbond substituents is 2. The summed E-state index contributed by atoms with van der Waals surface area (Å²) in [7, 11) is 0. The number of nitrogens with zero attached hydrogens (tertiary/aromatic N) is 6. The SMILES string of the molecule is Cc1cc(-c2[c-]c(-n3c4ccc5c(c4c4cccnc43)-c3ccccc3C5)ccc2)nc(-c2ccccc2O)c1.Oc1ccccc1-c1cccc(-c2[c-]c(-n3c4ccc5c(c4c4cccnc43)-c3ccccc3C5)ccc2)n1.[Pt].[Pt].